The molecule has 0 aromatic heterocycles. The minimum atomic E-state index is -4.78. The molecule has 0 bridgehead atoms. The highest BCUT2D eigenvalue weighted by Gasteiger charge is 2.39. The zero-order valence-electron chi connectivity index (χ0n) is 12.8. The number of nitrogens with zero attached hydrogens (tertiary/aromatic N) is 1. The van der Waals surface area contributed by atoms with Crippen molar-refractivity contribution in [3.63, 3.8) is 0 Å². The molecule has 3 N–H and O–H groups in total. The fourth-order valence-electron chi connectivity index (χ4n) is 1.90. The number of hydrogen-bond donors (Lipinski definition) is 3. The summed E-state index contributed by atoms with van der Waals surface area (Å²) < 4.78 is 38.7. The number of rotatable bonds is 8. The van der Waals surface area contributed by atoms with Gasteiger partial charge in [-0.3, -0.25) is 10.1 Å². The van der Waals surface area contributed by atoms with Crippen LogP contribution < -0.4 is 16.0 Å². The summed E-state index contributed by atoms with van der Waals surface area (Å²) in [6, 6.07) is 2.89. The van der Waals surface area contributed by atoms with E-state index in [4.69, 9.17) is 0 Å². The Hall–Kier alpha value is -2.29. The first-order valence-electron chi connectivity index (χ1n) is 6.97. The van der Waals surface area contributed by atoms with Crippen molar-refractivity contribution in [1.82, 2.24) is 10.6 Å². The molecule has 0 spiro atoms. The van der Waals surface area contributed by atoms with Crippen LogP contribution in [-0.2, 0) is 6.18 Å². The van der Waals surface area contributed by atoms with Crippen LogP contribution in [0.15, 0.2) is 30.5 Å². The van der Waals surface area contributed by atoms with Crippen molar-refractivity contribution in [2.75, 3.05) is 25.5 Å². The molecule has 0 radical (unpaired) electrons. The Labute approximate surface area is 131 Å². The zero-order chi connectivity index (χ0) is 17.5. The smallest absolute Gasteiger partial charge is 0.391 e. The Kier molecular flexibility index (Phi) is 6.83. The van der Waals surface area contributed by atoms with E-state index >= 15 is 0 Å². The fraction of sp³-hybridized carbons (Fsp3) is 0.429. The number of alkyl halides is 3. The van der Waals surface area contributed by atoms with Crippen LogP contribution in [0.1, 0.15) is 12.5 Å². The van der Waals surface area contributed by atoms with Gasteiger partial charge >= 0.3 is 11.9 Å². The van der Waals surface area contributed by atoms with Gasteiger partial charge in [0.2, 0.25) is 0 Å². The maximum absolute atomic E-state index is 12.9. The Morgan fingerprint density at radius 1 is 1.39 bits per heavy atom. The summed E-state index contributed by atoms with van der Waals surface area (Å²) >= 11 is 0. The van der Waals surface area contributed by atoms with E-state index in [1.165, 1.54) is 6.07 Å². The third-order valence-electron chi connectivity index (χ3n) is 3.06. The number of nitro groups is 1. The number of halogens is 3. The van der Waals surface area contributed by atoms with E-state index in [0.717, 1.165) is 12.6 Å². The van der Waals surface area contributed by atoms with Crippen molar-refractivity contribution < 1.29 is 18.1 Å². The van der Waals surface area contributed by atoms with Crippen LogP contribution >= 0.6 is 0 Å². The number of para-hydroxylation sites is 1. The van der Waals surface area contributed by atoms with E-state index in [0.29, 0.717) is 6.07 Å². The van der Waals surface area contributed by atoms with Crippen molar-refractivity contribution in [2.45, 2.75) is 19.1 Å². The molecule has 0 heterocycles. The third-order valence-corrected chi connectivity index (χ3v) is 3.06. The molecule has 9 heteroatoms. The largest absolute Gasteiger partial charge is 0.423 e. The number of likely N-dealkylation sites (N-methyl/N-ethyl adjacent to an activating group) is 1. The Balaban J connectivity index is 2.98. The van der Waals surface area contributed by atoms with Crippen LogP contribution in [0.5, 0.6) is 0 Å². The van der Waals surface area contributed by atoms with Gasteiger partial charge in [0.1, 0.15) is 11.3 Å². The highest BCUT2D eigenvalue weighted by atomic mass is 19.4. The summed E-state index contributed by atoms with van der Waals surface area (Å²) in [7, 11) is 1.68. The summed E-state index contributed by atoms with van der Waals surface area (Å²) in [5, 5.41) is 19.7. The fourth-order valence-corrected chi connectivity index (χ4v) is 1.90. The SMILES string of the molecule is CCN/C=C\C(CNc1cccc(C(F)(F)F)c1[N+](=O)[O-])NC. The second-order valence-electron chi connectivity index (χ2n) is 4.65. The lowest BCUT2D eigenvalue weighted by Crippen LogP contribution is -2.31. The average Bonchev–Trinajstić information content (AvgIpc) is 2.49. The molecule has 1 atom stereocenters. The normalized spacial score (nSPS) is 13.1. The van der Waals surface area contributed by atoms with Gasteiger partial charge in [-0.2, -0.15) is 13.2 Å². The van der Waals surface area contributed by atoms with E-state index in [-0.39, 0.29) is 18.3 Å². The third kappa shape index (κ3) is 5.44. The van der Waals surface area contributed by atoms with Gasteiger partial charge in [0.15, 0.2) is 0 Å². The zero-order valence-corrected chi connectivity index (χ0v) is 12.8. The van der Waals surface area contributed by atoms with Crippen molar-refractivity contribution in [2.24, 2.45) is 0 Å². The minimum absolute atomic E-state index is 0.165. The molecule has 0 amide bonds. The molecule has 6 nitrogen and oxygen atoms in total. The summed E-state index contributed by atoms with van der Waals surface area (Å²) in [5.41, 5.74) is -2.40. The van der Waals surface area contributed by atoms with Crippen molar-refractivity contribution in [3.8, 4) is 0 Å². The molecule has 1 rings (SSSR count). The molecule has 0 aliphatic heterocycles. The average molecular weight is 332 g/mol. The second kappa shape index (κ2) is 8.37. The van der Waals surface area contributed by atoms with E-state index in [1.54, 1.807) is 19.3 Å². The lowest BCUT2D eigenvalue weighted by molar-refractivity contribution is -0.387. The molecule has 128 valence electrons. The summed E-state index contributed by atoms with van der Waals surface area (Å²) in [6.07, 6.45) is -1.30. The van der Waals surface area contributed by atoms with E-state index in [9.17, 15) is 23.3 Å². The molecular weight excluding hydrogens is 313 g/mol. The molecule has 23 heavy (non-hydrogen) atoms. The monoisotopic (exact) mass is 332 g/mol. The number of nitrogens with one attached hydrogen (secondary N) is 3. The molecule has 0 aliphatic rings. The molecule has 0 saturated heterocycles. The van der Waals surface area contributed by atoms with Gasteiger partial charge in [0.25, 0.3) is 0 Å². The topological polar surface area (TPSA) is 79.2 Å². The highest BCUT2D eigenvalue weighted by Crippen LogP contribution is 2.39. The van der Waals surface area contributed by atoms with E-state index in [2.05, 4.69) is 16.0 Å². The molecule has 0 aliphatic carbocycles. The molecule has 0 saturated carbocycles. The Morgan fingerprint density at radius 2 is 2.09 bits per heavy atom. The second-order valence-corrected chi connectivity index (χ2v) is 4.65. The van der Waals surface area contributed by atoms with Crippen LogP contribution in [0.4, 0.5) is 24.5 Å². The maximum atomic E-state index is 12.9. The molecule has 1 aromatic carbocycles. The quantitative estimate of drug-likeness (QED) is 0.504. The molecule has 1 unspecified atom stereocenters. The number of nitro benzene ring substituents is 1. The first-order chi connectivity index (χ1) is 10.8. The number of anilines is 1. The van der Waals surface area contributed by atoms with Gasteiger partial charge in [-0.25, -0.2) is 0 Å². The molecule has 0 fully saturated rings. The van der Waals surface area contributed by atoms with Crippen LogP contribution in [0.2, 0.25) is 0 Å². The summed E-state index contributed by atoms with van der Waals surface area (Å²) in [5.74, 6) is 0. The lowest BCUT2D eigenvalue weighted by atomic mass is 10.1. The van der Waals surface area contributed by atoms with Crippen LogP contribution in [0.3, 0.4) is 0 Å². The van der Waals surface area contributed by atoms with Gasteiger partial charge in [-0.15, -0.1) is 0 Å². The minimum Gasteiger partial charge on any atom is -0.391 e. The van der Waals surface area contributed by atoms with Gasteiger partial charge in [-0.1, -0.05) is 12.1 Å². The van der Waals surface area contributed by atoms with Gasteiger partial charge < -0.3 is 16.0 Å². The summed E-state index contributed by atoms with van der Waals surface area (Å²) in [6.45, 7) is 2.85. The van der Waals surface area contributed by atoms with Crippen molar-refractivity contribution >= 4 is 11.4 Å². The maximum Gasteiger partial charge on any atom is 0.423 e. The van der Waals surface area contributed by atoms with Gasteiger partial charge in [0, 0.05) is 19.1 Å². The Bertz CT molecular complexity index is 561. The predicted molar refractivity (Wildman–Crippen MR) is 82.3 cm³/mol. The van der Waals surface area contributed by atoms with E-state index in [1.807, 2.05) is 6.92 Å². The summed E-state index contributed by atoms with van der Waals surface area (Å²) in [4.78, 5) is 10.0. The number of hydrogen-bond acceptors (Lipinski definition) is 5. The van der Waals surface area contributed by atoms with Gasteiger partial charge in [0.05, 0.1) is 4.92 Å². The Morgan fingerprint density at radius 3 is 2.61 bits per heavy atom. The van der Waals surface area contributed by atoms with Gasteiger partial charge in [-0.05, 0) is 32.3 Å². The first-order valence-corrected chi connectivity index (χ1v) is 6.97. The predicted octanol–water partition coefficient (Wildman–Crippen LogP) is 2.74. The van der Waals surface area contributed by atoms with E-state index < -0.39 is 22.4 Å². The van der Waals surface area contributed by atoms with Crippen molar-refractivity contribution in [3.05, 3.63) is 46.2 Å². The molecular formula is C14H19F3N4O2. The van der Waals surface area contributed by atoms with Crippen LogP contribution in [0.25, 0.3) is 0 Å². The highest BCUT2D eigenvalue weighted by molar-refractivity contribution is 5.66. The first kappa shape index (κ1) is 18.8. The van der Waals surface area contributed by atoms with Crippen LogP contribution in [0, 0.1) is 10.1 Å². The van der Waals surface area contributed by atoms with Crippen molar-refractivity contribution in [1.29, 1.82) is 0 Å². The lowest BCUT2D eigenvalue weighted by Gasteiger charge is -2.16. The standard InChI is InChI=1S/C14H19F3N4O2/c1-3-19-8-7-10(18-2)9-20-12-6-4-5-11(14(15,16)17)13(12)21(22)23/h4-8,10,18-20H,3,9H2,1-2H3/b8-7-. The number of benzene rings is 1. The molecule has 1 aromatic rings. The van der Waals surface area contributed by atoms with Crippen LogP contribution in [-0.4, -0.2) is 31.1 Å².